The number of aliphatic hydroxyl groups excluding tert-OH is 1. The number of carbonyl (C=O) groups excluding carboxylic acids is 2. The Balaban J connectivity index is 1.30. The number of ketones is 1. The van der Waals surface area contributed by atoms with Gasteiger partial charge in [0.25, 0.3) is 0 Å². The molecule has 4 aromatic rings. The maximum absolute atomic E-state index is 12.9. The molecule has 7 nitrogen and oxygen atoms in total. The van der Waals surface area contributed by atoms with Gasteiger partial charge in [-0.05, 0) is 73.5 Å². The van der Waals surface area contributed by atoms with Crippen molar-refractivity contribution in [1.82, 2.24) is 4.98 Å². The number of nitrogens with one attached hydrogen (secondary N) is 1. The first-order valence-corrected chi connectivity index (χ1v) is 12.2. The number of piperidine rings is 1. The summed E-state index contributed by atoms with van der Waals surface area (Å²) in [7, 11) is 0. The van der Waals surface area contributed by atoms with E-state index in [4.69, 9.17) is 9.72 Å². The van der Waals surface area contributed by atoms with Crippen molar-refractivity contribution in [2.24, 2.45) is 0 Å². The summed E-state index contributed by atoms with van der Waals surface area (Å²) >= 11 is 0. The number of rotatable bonds is 6. The number of para-hydroxylation sites is 2. The van der Waals surface area contributed by atoms with Crippen molar-refractivity contribution in [3.8, 4) is 5.75 Å². The molecular weight excluding hydrogens is 466 g/mol. The average molecular weight is 494 g/mol. The predicted octanol–water partition coefficient (Wildman–Crippen LogP) is 5.70. The summed E-state index contributed by atoms with van der Waals surface area (Å²) in [6.45, 7) is 1.42. The van der Waals surface area contributed by atoms with Crippen LogP contribution in [-0.2, 0) is 0 Å². The Hall–Kier alpha value is -4.49. The molecule has 0 spiro atoms. The van der Waals surface area contributed by atoms with Crippen LogP contribution in [0.25, 0.3) is 17.0 Å². The molecule has 0 atom stereocenters. The van der Waals surface area contributed by atoms with Gasteiger partial charge in [0.15, 0.2) is 5.78 Å². The quantitative estimate of drug-likeness (QED) is 0.264. The lowest BCUT2D eigenvalue weighted by Crippen LogP contribution is -2.36. The zero-order chi connectivity index (χ0) is 25.6. The standard InChI is InChI=1S/C30H27N3O4/c34-25-16-18-33(19-17-25)29-23(20-22-6-4-5-9-27(22)32-29)12-15-28(35)21-10-13-24(14-11-21)31-30(36)37-26-7-2-1-3-8-26/h1-15,20,25,34H,16-19H2,(H,31,36)/b15-12+. The fourth-order valence-corrected chi connectivity index (χ4v) is 4.29. The summed E-state index contributed by atoms with van der Waals surface area (Å²) in [5, 5.41) is 13.6. The fraction of sp³-hybridized carbons (Fsp3) is 0.167. The van der Waals surface area contributed by atoms with Crippen LogP contribution >= 0.6 is 0 Å². The minimum atomic E-state index is -0.605. The van der Waals surface area contributed by atoms with Gasteiger partial charge >= 0.3 is 6.09 Å². The lowest BCUT2D eigenvalue weighted by molar-refractivity contribution is 0.104. The lowest BCUT2D eigenvalue weighted by atomic mass is 10.0. The number of fused-ring (bicyclic) bond motifs is 1. The summed E-state index contributed by atoms with van der Waals surface area (Å²) in [6, 6.07) is 25.4. The summed E-state index contributed by atoms with van der Waals surface area (Å²) in [6.07, 6.45) is 3.83. The number of aromatic nitrogens is 1. The van der Waals surface area contributed by atoms with Gasteiger partial charge in [-0.1, -0.05) is 36.4 Å². The summed E-state index contributed by atoms with van der Waals surface area (Å²) in [5.74, 6) is 1.10. The monoisotopic (exact) mass is 493 g/mol. The van der Waals surface area contributed by atoms with Crippen molar-refractivity contribution >= 4 is 40.4 Å². The van der Waals surface area contributed by atoms with Gasteiger partial charge in [0.1, 0.15) is 11.6 Å². The number of carbonyl (C=O) groups is 2. The van der Waals surface area contributed by atoms with E-state index in [1.807, 2.05) is 36.4 Å². The first-order valence-electron chi connectivity index (χ1n) is 12.2. The maximum Gasteiger partial charge on any atom is 0.417 e. The van der Waals surface area contributed by atoms with Crippen LogP contribution in [0.15, 0.2) is 91.0 Å². The van der Waals surface area contributed by atoms with Crippen molar-refractivity contribution in [3.63, 3.8) is 0 Å². The van der Waals surface area contributed by atoms with Gasteiger partial charge in [-0.25, -0.2) is 9.78 Å². The Labute approximate surface area is 215 Å². The minimum Gasteiger partial charge on any atom is -0.410 e. The first kappa shape index (κ1) is 24.2. The van der Waals surface area contributed by atoms with Crippen molar-refractivity contribution < 1.29 is 19.4 Å². The van der Waals surface area contributed by atoms with Gasteiger partial charge < -0.3 is 14.7 Å². The van der Waals surface area contributed by atoms with Crippen LogP contribution in [0.5, 0.6) is 5.75 Å². The van der Waals surface area contributed by atoms with Gasteiger partial charge in [0, 0.05) is 35.3 Å². The number of aliphatic hydroxyl groups is 1. The van der Waals surface area contributed by atoms with E-state index in [1.165, 1.54) is 0 Å². The second-order valence-corrected chi connectivity index (χ2v) is 8.91. The van der Waals surface area contributed by atoms with Crippen LogP contribution in [0.2, 0.25) is 0 Å². The second-order valence-electron chi connectivity index (χ2n) is 8.91. The van der Waals surface area contributed by atoms with Crippen LogP contribution in [0.4, 0.5) is 16.3 Å². The highest BCUT2D eigenvalue weighted by atomic mass is 16.6. The normalized spacial score (nSPS) is 14.1. The number of anilines is 2. The molecule has 3 aromatic carbocycles. The molecule has 0 bridgehead atoms. The number of pyridine rings is 1. The highest BCUT2D eigenvalue weighted by molar-refractivity contribution is 6.07. The van der Waals surface area contributed by atoms with E-state index in [0.717, 1.165) is 22.3 Å². The number of ether oxygens (including phenoxy) is 1. The summed E-state index contributed by atoms with van der Waals surface area (Å²) in [4.78, 5) is 32.1. The third-order valence-electron chi connectivity index (χ3n) is 6.28. The van der Waals surface area contributed by atoms with E-state index in [2.05, 4.69) is 10.2 Å². The van der Waals surface area contributed by atoms with E-state index < -0.39 is 6.09 Å². The number of hydrogen-bond donors (Lipinski definition) is 2. The average Bonchev–Trinajstić information content (AvgIpc) is 2.92. The molecule has 1 aliphatic heterocycles. The zero-order valence-corrected chi connectivity index (χ0v) is 20.2. The van der Waals surface area contributed by atoms with Gasteiger partial charge in [-0.3, -0.25) is 10.1 Å². The molecule has 1 aromatic heterocycles. The lowest BCUT2D eigenvalue weighted by Gasteiger charge is -2.31. The van der Waals surface area contributed by atoms with Crippen molar-refractivity contribution in [2.45, 2.75) is 18.9 Å². The molecule has 0 radical (unpaired) electrons. The van der Waals surface area contributed by atoms with Crippen LogP contribution in [-0.4, -0.2) is 41.2 Å². The first-order chi connectivity index (χ1) is 18.0. The second kappa shape index (κ2) is 11.1. The molecule has 1 amide bonds. The highest BCUT2D eigenvalue weighted by Gasteiger charge is 2.20. The van der Waals surface area contributed by atoms with Gasteiger partial charge in [-0.2, -0.15) is 0 Å². The van der Waals surface area contributed by atoms with Crippen LogP contribution in [0.3, 0.4) is 0 Å². The number of nitrogens with zero attached hydrogens (tertiary/aromatic N) is 2. The smallest absolute Gasteiger partial charge is 0.410 e. The Morgan fingerprint density at radius 3 is 2.41 bits per heavy atom. The Bertz CT molecular complexity index is 1430. The number of allylic oxidation sites excluding steroid dienone is 1. The minimum absolute atomic E-state index is 0.161. The topological polar surface area (TPSA) is 91.8 Å². The van der Waals surface area contributed by atoms with E-state index >= 15 is 0 Å². The van der Waals surface area contributed by atoms with E-state index in [1.54, 1.807) is 60.7 Å². The molecule has 2 N–H and O–H groups in total. The third kappa shape index (κ3) is 6.02. The zero-order valence-electron chi connectivity index (χ0n) is 20.2. The molecule has 0 saturated carbocycles. The van der Waals surface area contributed by atoms with E-state index in [0.29, 0.717) is 42.9 Å². The van der Waals surface area contributed by atoms with Crippen LogP contribution in [0.1, 0.15) is 28.8 Å². The molecule has 5 rings (SSSR count). The SMILES string of the molecule is O=C(Nc1ccc(C(=O)/C=C/c2cc3ccccc3nc2N2CCC(O)CC2)cc1)Oc1ccccc1. The van der Waals surface area contributed by atoms with Gasteiger partial charge in [0.05, 0.1) is 11.6 Å². The van der Waals surface area contributed by atoms with Gasteiger partial charge in [-0.15, -0.1) is 0 Å². The fourth-order valence-electron chi connectivity index (χ4n) is 4.29. The molecule has 2 heterocycles. The Kier molecular flexibility index (Phi) is 7.23. The van der Waals surface area contributed by atoms with Crippen LogP contribution < -0.4 is 15.0 Å². The molecular formula is C30H27N3O4. The van der Waals surface area contributed by atoms with Crippen molar-refractivity contribution in [3.05, 3.63) is 102 Å². The Morgan fingerprint density at radius 2 is 1.65 bits per heavy atom. The number of amides is 1. The molecule has 186 valence electrons. The molecule has 37 heavy (non-hydrogen) atoms. The molecule has 1 aliphatic rings. The maximum atomic E-state index is 12.9. The molecule has 0 unspecified atom stereocenters. The molecule has 0 aliphatic carbocycles. The number of hydrogen-bond acceptors (Lipinski definition) is 6. The third-order valence-corrected chi connectivity index (χ3v) is 6.28. The summed E-state index contributed by atoms with van der Waals surface area (Å²) in [5.41, 5.74) is 2.76. The molecule has 1 fully saturated rings. The number of benzene rings is 3. The largest absolute Gasteiger partial charge is 0.417 e. The summed E-state index contributed by atoms with van der Waals surface area (Å²) < 4.78 is 5.23. The predicted molar refractivity (Wildman–Crippen MR) is 145 cm³/mol. The molecule has 7 heteroatoms. The van der Waals surface area contributed by atoms with E-state index in [9.17, 15) is 14.7 Å². The van der Waals surface area contributed by atoms with Crippen LogP contribution in [0, 0.1) is 0 Å². The Morgan fingerprint density at radius 1 is 0.946 bits per heavy atom. The van der Waals surface area contributed by atoms with Gasteiger partial charge in [0.2, 0.25) is 0 Å². The highest BCUT2D eigenvalue weighted by Crippen LogP contribution is 2.27. The molecule has 1 saturated heterocycles. The van der Waals surface area contributed by atoms with Crippen molar-refractivity contribution in [2.75, 3.05) is 23.3 Å². The van der Waals surface area contributed by atoms with Crippen molar-refractivity contribution in [1.29, 1.82) is 0 Å². The van der Waals surface area contributed by atoms with E-state index in [-0.39, 0.29) is 11.9 Å².